The molecule has 0 bridgehead atoms. The number of nitrogens with one attached hydrogen (secondary N) is 1. The van der Waals surface area contributed by atoms with E-state index in [1.54, 1.807) is 19.1 Å². The molecule has 1 heterocycles. The van der Waals surface area contributed by atoms with Gasteiger partial charge in [-0.15, -0.1) is 0 Å². The third-order valence-electron chi connectivity index (χ3n) is 2.41. The van der Waals surface area contributed by atoms with E-state index in [-0.39, 0.29) is 18.1 Å². The van der Waals surface area contributed by atoms with Gasteiger partial charge in [-0.3, -0.25) is 4.79 Å². The maximum atomic E-state index is 11.7. The molecule has 1 amide bonds. The first-order valence-electron chi connectivity index (χ1n) is 4.80. The van der Waals surface area contributed by atoms with Crippen molar-refractivity contribution in [2.45, 2.75) is 18.6 Å². The molecule has 0 unspecified atom stereocenters. The quantitative estimate of drug-likeness (QED) is 0.602. The van der Waals surface area contributed by atoms with Gasteiger partial charge in [0.2, 0.25) is 5.91 Å². The van der Waals surface area contributed by atoms with Crippen molar-refractivity contribution >= 4 is 5.91 Å². The lowest BCUT2D eigenvalue weighted by molar-refractivity contribution is -0.132. The maximum Gasteiger partial charge on any atom is 0.239 e. The van der Waals surface area contributed by atoms with Crippen LogP contribution >= 0.6 is 0 Å². The van der Waals surface area contributed by atoms with E-state index in [0.29, 0.717) is 26.1 Å². The SMILES string of the molecule is COCCN(C)C(=O)[C@H]1C[C@@H](O)CN1. The standard InChI is InChI=1S/C9H18N2O3/c1-11(3-4-14-2)9(13)8-5-7(12)6-10-8/h7-8,10,12H,3-6H2,1-2H3/t7-,8-/m1/s1. The van der Waals surface area contributed by atoms with Crippen molar-refractivity contribution in [3.63, 3.8) is 0 Å². The Morgan fingerprint density at radius 1 is 1.71 bits per heavy atom. The number of likely N-dealkylation sites (N-methyl/N-ethyl adjacent to an activating group) is 1. The van der Waals surface area contributed by atoms with Gasteiger partial charge in [-0.25, -0.2) is 0 Å². The average Bonchev–Trinajstić information content (AvgIpc) is 2.60. The number of hydrogen-bond acceptors (Lipinski definition) is 4. The van der Waals surface area contributed by atoms with E-state index in [0.717, 1.165) is 0 Å². The molecule has 5 heteroatoms. The van der Waals surface area contributed by atoms with Crippen LogP contribution in [0.5, 0.6) is 0 Å². The van der Waals surface area contributed by atoms with Crippen LogP contribution in [0.15, 0.2) is 0 Å². The molecule has 0 aromatic heterocycles. The van der Waals surface area contributed by atoms with E-state index >= 15 is 0 Å². The summed E-state index contributed by atoms with van der Waals surface area (Å²) in [6, 6.07) is -0.230. The Labute approximate surface area is 84.0 Å². The average molecular weight is 202 g/mol. The molecule has 1 aliphatic heterocycles. The predicted octanol–water partition coefficient (Wildman–Crippen LogP) is -1.19. The molecule has 2 atom stereocenters. The molecular weight excluding hydrogens is 184 g/mol. The highest BCUT2D eigenvalue weighted by Crippen LogP contribution is 2.08. The molecule has 82 valence electrons. The number of hydrogen-bond donors (Lipinski definition) is 2. The second kappa shape index (κ2) is 5.29. The van der Waals surface area contributed by atoms with Crippen LogP contribution in [0.3, 0.4) is 0 Å². The van der Waals surface area contributed by atoms with E-state index in [4.69, 9.17) is 4.74 Å². The maximum absolute atomic E-state index is 11.7. The van der Waals surface area contributed by atoms with E-state index in [9.17, 15) is 9.90 Å². The number of ether oxygens (including phenoxy) is 1. The van der Waals surface area contributed by atoms with E-state index in [1.165, 1.54) is 0 Å². The highest BCUT2D eigenvalue weighted by Gasteiger charge is 2.29. The summed E-state index contributed by atoms with van der Waals surface area (Å²) < 4.78 is 4.88. The number of carbonyl (C=O) groups is 1. The molecule has 1 aliphatic rings. The summed E-state index contributed by atoms with van der Waals surface area (Å²) in [6.45, 7) is 1.63. The van der Waals surface area contributed by atoms with Crippen molar-refractivity contribution in [2.75, 3.05) is 33.9 Å². The third kappa shape index (κ3) is 2.94. The second-order valence-electron chi connectivity index (χ2n) is 3.60. The number of rotatable bonds is 4. The Hall–Kier alpha value is -0.650. The lowest BCUT2D eigenvalue weighted by atomic mass is 10.2. The lowest BCUT2D eigenvalue weighted by Crippen LogP contribution is -2.42. The number of amides is 1. The Morgan fingerprint density at radius 3 is 2.93 bits per heavy atom. The Kier molecular flexibility index (Phi) is 4.31. The van der Waals surface area contributed by atoms with Crippen molar-refractivity contribution in [2.24, 2.45) is 0 Å². The summed E-state index contributed by atoms with van der Waals surface area (Å²) in [6.07, 6.45) is 0.121. The fourth-order valence-corrected chi connectivity index (χ4v) is 1.51. The van der Waals surface area contributed by atoms with Crippen LogP contribution in [-0.2, 0) is 9.53 Å². The van der Waals surface area contributed by atoms with Crippen LogP contribution in [0.4, 0.5) is 0 Å². The number of methoxy groups -OCH3 is 1. The van der Waals surface area contributed by atoms with Gasteiger partial charge in [0.05, 0.1) is 18.8 Å². The fraction of sp³-hybridized carbons (Fsp3) is 0.889. The van der Waals surface area contributed by atoms with Crippen LogP contribution in [0.2, 0.25) is 0 Å². The first-order chi connectivity index (χ1) is 6.65. The van der Waals surface area contributed by atoms with Crippen LogP contribution in [0.1, 0.15) is 6.42 Å². The molecule has 0 saturated carbocycles. The number of nitrogens with zero attached hydrogens (tertiary/aromatic N) is 1. The summed E-state index contributed by atoms with van der Waals surface area (Å²) in [4.78, 5) is 13.3. The fourth-order valence-electron chi connectivity index (χ4n) is 1.51. The molecule has 1 saturated heterocycles. The zero-order chi connectivity index (χ0) is 10.6. The summed E-state index contributed by atoms with van der Waals surface area (Å²) in [5, 5.41) is 12.2. The monoisotopic (exact) mass is 202 g/mol. The molecule has 0 aliphatic carbocycles. The van der Waals surface area contributed by atoms with Crippen LogP contribution in [0.25, 0.3) is 0 Å². The van der Waals surface area contributed by atoms with Crippen LogP contribution in [-0.4, -0.2) is 61.9 Å². The molecule has 0 aromatic carbocycles. The smallest absolute Gasteiger partial charge is 0.239 e. The zero-order valence-corrected chi connectivity index (χ0v) is 8.69. The minimum Gasteiger partial charge on any atom is -0.392 e. The topological polar surface area (TPSA) is 61.8 Å². The molecule has 0 spiro atoms. The molecule has 0 radical (unpaired) electrons. The number of aliphatic hydroxyl groups excluding tert-OH is 1. The van der Waals surface area contributed by atoms with Gasteiger partial charge < -0.3 is 20.1 Å². The van der Waals surface area contributed by atoms with Crippen LogP contribution < -0.4 is 5.32 Å². The van der Waals surface area contributed by atoms with E-state index in [2.05, 4.69) is 5.32 Å². The lowest BCUT2D eigenvalue weighted by Gasteiger charge is -2.20. The first-order valence-corrected chi connectivity index (χ1v) is 4.80. The van der Waals surface area contributed by atoms with Crippen molar-refractivity contribution < 1.29 is 14.6 Å². The highest BCUT2D eigenvalue weighted by atomic mass is 16.5. The van der Waals surface area contributed by atoms with Gasteiger partial charge in [0.1, 0.15) is 0 Å². The Bertz CT molecular complexity index is 198. The van der Waals surface area contributed by atoms with E-state index < -0.39 is 0 Å². The largest absolute Gasteiger partial charge is 0.392 e. The van der Waals surface area contributed by atoms with Crippen molar-refractivity contribution in [3.8, 4) is 0 Å². The minimum atomic E-state index is -0.389. The van der Waals surface area contributed by atoms with Gasteiger partial charge in [0.15, 0.2) is 0 Å². The first kappa shape index (κ1) is 11.4. The molecule has 5 nitrogen and oxygen atoms in total. The van der Waals surface area contributed by atoms with Crippen LogP contribution in [0, 0.1) is 0 Å². The number of β-amino-alcohol motifs (C(OH)–C–C–N with tert-alkyl or cyclic N) is 1. The Balaban J connectivity index is 2.32. The predicted molar refractivity (Wildman–Crippen MR) is 51.9 cm³/mol. The normalized spacial score (nSPS) is 26.5. The minimum absolute atomic E-state index is 0.0265. The van der Waals surface area contributed by atoms with E-state index in [1.807, 2.05) is 0 Å². The Morgan fingerprint density at radius 2 is 2.43 bits per heavy atom. The van der Waals surface area contributed by atoms with Gasteiger partial charge in [-0.2, -0.15) is 0 Å². The third-order valence-corrected chi connectivity index (χ3v) is 2.41. The van der Waals surface area contributed by atoms with Gasteiger partial charge in [-0.1, -0.05) is 0 Å². The molecule has 2 N–H and O–H groups in total. The van der Waals surface area contributed by atoms with Crippen molar-refractivity contribution in [3.05, 3.63) is 0 Å². The summed E-state index contributed by atoms with van der Waals surface area (Å²) in [5.41, 5.74) is 0. The van der Waals surface area contributed by atoms with Crippen molar-refractivity contribution in [1.82, 2.24) is 10.2 Å². The van der Waals surface area contributed by atoms with Gasteiger partial charge in [-0.05, 0) is 6.42 Å². The highest BCUT2D eigenvalue weighted by molar-refractivity contribution is 5.82. The summed E-state index contributed by atoms with van der Waals surface area (Å²) in [5.74, 6) is 0.0265. The van der Waals surface area contributed by atoms with Crippen molar-refractivity contribution in [1.29, 1.82) is 0 Å². The molecule has 1 fully saturated rings. The zero-order valence-electron chi connectivity index (χ0n) is 8.69. The van der Waals surface area contributed by atoms with Gasteiger partial charge >= 0.3 is 0 Å². The molecule has 1 rings (SSSR count). The van der Waals surface area contributed by atoms with Gasteiger partial charge in [0, 0.05) is 27.2 Å². The number of carbonyl (C=O) groups excluding carboxylic acids is 1. The number of aliphatic hydroxyl groups is 1. The van der Waals surface area contributed by atoms with Gasteiger partial charge in [0.25, 0.3) is 0 Å². The summed E-state index contributed by atoms with van der Waals surface area (Å²) in [7, 11) is 3.35. The molecule has 0 aromatic rings. The molecular formula is C9H18N2O3. The summed E-state index contributed by atoms with van der Waals surface area (Å²) >= 11 is 0. The molecule has 14 heavy (non-hydrogen) atoms. The second-order valence-corrected chi connectivity index (χ2v) is 3.60.